The van der Waals surface area contributed by atoms with Crippen LogP contribution in [0.3, 0.4) is 0 Å². The second-order valence-corrected chi connectivity index (χ2v) is 3.72. The van der Waals surface area contributed by atoms with Gasteiger partial charge in [0.15, 0.2) is 0 Å². The smallest absolute Gasteiger partial charge is 0.273 e. The zero-order chi connectivity index (χ0) is 12.3. The number of benzene rings is 1. The van der Waals surface area contributed by atoms with Gasteiger partial charge in [0.25, 0.3) is 5.91 Å². The van der Waals surface area contributed by atoms with Gasteiger partial charge in [-0.15, -0.1) is 0 Å². The van der Waals surface area contributed by atoms with Crippen LogP contribution >= 0.6 is 0 Å². The number of rotatable bonds is 3. The van der Waals surface area contributed by atoms with E-state index in [1.54, 1.807) is 4.90 Å². The van der Waals surface area contributed by atoms with Gasteiger partial charge in [-0.25, -0.2) is 9.97 Å². The predicted molar refractivity (Wildman–Crippen MR) is 66.8 cm³/mol. The average Bonchev–Trinajstić information content (AvgIpc) is 2.39. The normalized spacial score (nSPS) is 10.5. The molecule has 0 aliphatic carbocycles. The van der Waals surface area contributed by atoms with E-state index < -0.39 is 0 Å². The minimum absolute atomic E-state index is 0.0337. The number of carbonyl (C=O) groups is 1. The summed E-state index contributed by atoms with van der Waals surface area (Å²) < 4.78 is 0. The molecule has 0 bridgehead atoms. The molecule has 0 spiro atoms. The Bertz CT molecular complexity index is 530. The maximum atomic E-state index is 12.3. The van der Waals surface area contributed by atoms with E-state index in [2.05, 4.69) is 9.97 Å². The van der Waals surface area contributed by atoms with Crippen LogP contribution in [0.2, 0.25) is 0 Å². The number of hydrogen-bond acceptors (Lipinski definition) is 3. The summed E-state index contributed by atoms with van der Waals surface area (Å²) in [6, 6.07) is 7.56. The summed E-state index contributed by atoms with van der Waals surface area (Å²) in [4.78, 5) is 22.3. The van der Waals surface area contributed by atoms with Crippen LogP contribution in [0.1, 0.15) is 24.3 Å². The third kappa shape index (κ3) is 2.11. The van der Waals surface area contributed by atoms with Gasteiger partial charge in [0, 0.05) is 18.5 Å². The van der Waals surface area contributed by atoms with Gasteiger partial charge < -0.3 is 4.90 Å². The largest absolute Gasteiger partial charge is 0.338 e. The summed E-state index contributed by atoms with van der Waals surface area (Å²) in [5.74, 6) is -0.0337. The maximum absolute atomic E-state index is 12.3. The van der Waals surface area contributed by atoms with Crippen LogP contribution in [0, 0.1) is 0 Å². The SMILES string of the molecule is CCN(CC)C(=O)c1ncnc2ccccc12. The number of hydrogen-bond donors (Lipinski definition) is 0. The molecule has 2 aromatic rings. The second-order valence-electron chi connectivity index (χ2n) is 3.72. The van der Waals surface area contributed by atoms with Crippen molar-refractivity contribution < 1.29 is 4.79 Å². The summed E-state index contributed by atoms with van der Waals surface area (Å²) >= 11 is 0. The van der Waals surface area contributed by atoms with Crippen molar-refractivity contribution in [3.05, 3.63) is 36.3 Å². The first-order valence-electron chi connectivity index (χ1n) is 5.77. The third-order valence-corrected chi connectivity index (χ3v) is 2.80. The predicted octanol–water partition coefficient (Wildman–Crippen LogP) is 2.11. The molecule has 1 aromatic carbocycles. The molecular formula is C13H15N3O. The van der Waals surface area contributed by atoms with Crippen LogP contribution in [0.5, 0.6) is 0 Å². The van der Waals surface area contributed by atoms with E-state index in [9.17, 15) is 4.79 Å². The van der Waals surface area contributed by atoms with E-state index in [0.717, 1.165) is 10.9 Å². The number of nitrogens with zero attached hydrogens (tertiary/aromatic N) is 3. The molecule has 0 atom stereocenters. The van der Waals surface area contributed by atoms with Gasteiger partial charge in [0.05, 0.1) is 5.52 Å². The maximum Gasteiger partial charge on any atom is 0.273 e. The van der Waals surface area contributed by atoms with E-state index in [0.29, 0.717) is 18.8 Å². The molecule has 1 amide bonds. The zero-order valence-electron chi connectivity index (χ0n) is 10.1. The lowest BCUT2D eigenvalue weighted by Crippen LogP contribution is -2.31. The van der Waals surface area contributed by atoms with Crippen LogP contribution in [-0.2, 0) is 0 Å². The van der Waals surface area contributed by atoms with Crippen molar-refractivity contribution in [3.63, 3.8) is 0 Å². The van der Waals surface area contributed by atoms with Crippen molar-refractivity contribution in [1.82, 2.24) is 14.9 Å². The van der Waals surface area contributed by atoms with Gasteiger partial charge in [-0.05, 0) is 19.9 Å². The minimum Gasteiger partial charge on any atom is -0.338 e. The van der Waals surface area contributed by atoms with Crippen molar-refractivity contribution in [3.8, 4) is 0 Å². The molecule has 17 heavy (non-hydrogen) atoms. The van der Waals surface area contributed by atoms with Crippen molar-refractivity contribution in [2.45, 2.75) is 13.8 Å². The van der Waals surface area contributed by atoms with E-state index in [-0.39, 0.29) is 5.91 Å². The van der Waals surface area contributed by atoms with E-state index in [1.165, 1.54) is 6.33 Å². The molecule has 0 N–H and O–H groups in total. The lowest BCUT2D eigenvalue weighted by Gasteiger charge is -2.18. The topological polar surface area (TPSA) is 46.1 Å². The first kappa shape index (κ1) is 11.5. The zero-order valence-corrected chi connectivity index (χ0v) is 10.1. The molecule has 0 aliphatic heterocycles. The van der Waals surface area contributed by atoms with Crippen molar-refractivity contribution in [2.75, 3.05) is 13.1 Å². The number of fused-ring (bicyclic) bond motifs is 1. The molecule has 0 fully saturated rings. The highest BCUT2D eigenvalue weighted by Gasteiger charge is 2.16. The number of aromatic nitrogens is 2. The standard InChI is InChI=1S/C13H15N3O/c1-3-16(4-2)13(17)12-10-7-5-6-8-11(10)14-9-15-12/h5-9H,3-4H2,1-2H3. The van der Waals surface area contributed by atoms with Crippen molar-refractivity contribution in [2.24, 2.45) is 0 Å². The highest BCUT2D eigenvalue weighted by molar-refractivity contribution is 6.04. The molecule has 0 aliphatic rings. The summed E-state index contributed by atoms with van der Waals surface area (Å²) in [6.07, 6.45) is 1.44. The quantitative estimate of drug-likeness (QED) is 0.809. The minimum atomic E-state index is -0.0337. The Labute approximate surface area is 100 Å². The molecule has 2 rings (SSSR count). The van der Waals surface area contributed by atoms with Gasteiger partial charge in [0.1, 0.15) is 12.0 Å². The summed E-state index contributed by atoms with van der Waals surface area (Å²) in [5.41, 5.74) is 1.29. The highest BCUT2D eigenvalue weighted by atomic mass is 16.2. The Morgan fingerprint density at radius 3 is 2.59 bits per heavy atom. The van der Waals surface area contributed by atoms with E-state index >= 15 is 0 Å². The summed E-state index contributed by atoms with van der Waals surface area (Å²) in [5, 5.41) is 0.812. The monoisotopic (exact) mass is 229 g/mol. The van der Waals surface area contributed by atoms with Crippen LogP contribution in [0.15, 0.2) is 30.6 Å². The van der Waals surface area contributed by atoms with Crippen LogP contribution < -0.4 is 0 Å². The number of carbonyl (C=O) groups excluding carboxylic acids is 1. The molecule has 1 heterocycles. The summed E-state index contributed by atoms with van der Waals surface area (Å²) in [6.45, 7) is 5.30. The van der Waals surface area contributed by atoms with Gasteiger partial charge >= 0.3 is 0 Å². The lowest BCUT2D eigenvalue weighted by molar-refractivity contribution is 0.0769. The fraction of sp³-hybridized carbons (Fsp3) is 0.308. The van der Waals surface area contributed by atoms with Crippen molar-refractivity contribution >= 4 is 16.8 Å². The Morgan fingerprint density at radius 2 is 1.88 bits per heavy atom. The van der Waals surface area contributed by atoms with E-state index in [1.807, 2.05) is 38.1 Å². The second kappa shape index (κ2) is 4.91. The van der Waals surface area contributed by atoms with Crippen LogP contribution in [0.4, 0.5) is 0 Å². The molecule has 88 valence electrons. The molecule has 4 nitrogen and oxygen atoms in total. The average molecular weight is 229 g/mol. The van der Waals surface area contributed by atoms with Crippen molar-refractivity contribution in [1.29, 1.82) is 0 Å². The van der Waals surface area contributed by atoms with Crippen LogP contribution in [-0.4, -0.2) is 33.9 Å². The van der Waals surface area contributed by atoms with Crippen LogP contribution in [0.25, 0.3) is 10.9 Å². The molecule has 0 saturated carbocycles. The van der Waals surface area contributed by atoms with E-state index in [4.69, 9.17) is 0 Å². The Balaban J connectivity index is 2.52. The number of para-hydroxylation sites is 1. The fourth-order valence-electron chi connectivity index (χ4n) is 1.84. The lowest BCUT2D eigenvalue weighted by atomic mass is 10.1. The Morgan fingerprint density at radius 1 is 1.18 bits per heavy atom. The molecule has 1 aromatic heterocycles. The molecule has 4 heteroatoms. The van der Waals surface area contributed by atoms with Gasteiger partial charge in [0.2, 0.25) is 0 Å². The first-order valence-corrected chi connectivity index (χ1v) is 5.77. The summed E-state index contributed by atoms with van der Waals surface area (Å²) in [7, 11) is 0. The number of amides is 1. The molecule has 0 unspecified atom stereocenters. The molecule has 0 radical (unpaired) electrons. The third-order valence-electron chi connectivity index (χ3n) is 2.80. The van der Waals surface area contributed by atoms with Gasteiger partial charge in [-0.2, -0.15) is 0 Å². The van der Waals surface area contributed by atoms with Gasteiger partial charge in [-0.1, -0.05) is 18.2 Å². The Hall–Kier alpha value is -1.97. The highest BCUT2D eigenvalue weighted by Crippen LogP contribution is 2.15. The first-order chi connectivity index (χ1) is 8.27. The van der Waals surface area contributed by atoms with Gasteiger partial charge in [-0.3, -0.25) is 4.79 Å². The fourth-order valence-corrected chi connectivity index (χ4v) is 1.84. The molecule has 0 saturated heterocycles. The molecular weight excluding hydrogens is 214 g/mol. The Kier molecular flexibility index (Phi) is 3.32.